The van der Waals surface area contributed by atoms with Crippen molar-refractivity contribution in [3.63, 3.8) is 0 Å². The second kappa shape index (κ2) is 3.80. The lowest BCUT2D eigenvalue weighted by molar-refractivity contribution is 0.0509. The maximum Gasteiger partial charge on any atom is 0.316 e. The summed E-state index contributed by atoms with van der Waals surface area (Å²) in [6.07, 6.45) is 3.26. The molecule has 0 fully saturated rings. The van der Waals surface area contributed by atoms with Gasteiger partial charge in [0.25, 0.3) is 0 Å². The van der Waals surface area contributed by atoms with Crippen LogP contribution in [0, 0.1) is 6.54 Å². The van der Waals surface area contributed by atoms with Crippen molar-refractivity contribution in [2.24, 2.45) is 0 Å². The molecule has 0 aliphatic rings. The van der Waals surface area contributed by atoms with Crippen LogP contribution >= 0.6 is 0 Å². The van der Waals surface area contributed by atoms with E-state index in [2.05, 4.69) is 4.98 Å². The number of ether oxygens (including phenoxy) is 1. The fraction of sp³-hybridized carbons (Fsp3) is 0.375. The highest BCUT2D eigenvalue weighted by atomic mass is 16.5. The van der Waals surface area contributed by atoms with Crippen LogP contribution in [0.1, 0.15) is 24.5 Å². The van der Waals surface area contributed by atoms with Crippen molar-refractivity contribution < 1.29 is 9.53 Å². The van der Waals surface area contributed by atoms with E-state index in [9.17, 15) is 4.79 Å². The van der Waals surface area contributed by atoms with Gasteiger partial charge in [-0.05, 0) is 13.1 Å². The van der Waals surface area contributed by atoms with Gasteiger partial charge in [-0.1, -0.05) is 13.1 Å². The lowest BCUT2D eigenvalue weighted by Gasteiger charge is -2.11. The number of hydrogen-bond acceptors (Lipinski definition) is 3. The third kappa shape index (κ3) is 1.58. The molecule has 0 unspecified atom stereocenters. The molecule has 1 heterocycles. The van der Waals surface area contributed by atoms with Crippen molar-refractivity contribution >= 4 is 5.97 Å². The van der Waals surface area contributed by atoms with E-state index in [1.54, 1.807) is 30.4 Å². The van der Waals surface area contributed by atoms with E-state index in [0.717, 1.165) is 0 Å². The molecule has 12 heavy (non-hydrogen) atoms. The van der Waals surface area contributed by atoms with Crippen LogP contribution in [-0.4, -0.2) is 22.1 Å². The summed E-state index contributed by atoms with van der Waals surface area (Å²) in [5, 5.41) is 0. The minimum atomic E-state index is -0.388. The van der Waals surface area contributed by atoms with Gasteiger partial charge in [0.15, 0.2) is 0 Å². The molecular weight excluding hydrogens is 156 g/mol. The van der Waals surface area contributed by atoms with Crippen molar-refractivity contribution in [2.45, 2.75) is 13.8 Å². The largest absolute Gasteiger partial charge is 0.469 e. The maximum absolute atomic E-state index is 11.2. The van der Waals surface area contributed by atoms with Gasteiger partial charge in [-0.2, -0.15) is 0 Å². The molecule has 0 N–H and O–H groups in total. The van der Waals surface area contributed by atoms with Gasteiger partial charge in [0.05, 0.1) is 6.61 Å². The summed E-state index contributed by atoms with van der Waals surface area (Å²) in [4.78, 5) is 15.0. The van der Waals surface area contributed by atoms with Gasteiger partial charge in [0, 0.05) is 0 Å². The van der Waals surface area contributed by atoms with Crippen LogP contribution in [0.2, 0.25) is 0 Å². The average Bonchev–Trinajstić information content (AvgIpc) is 2.51. The Morgan fingerprint density at radius 1 is 1.83 bits per heavy atom. The summed E-state index contributed by atoms with van der Waals surface area (Å²) in [6.45, 7) is 5.71. The van der Waals surface area contributed by atoms with Crippen LogP contribution in [0.3, 0.4) is 0 Å². The molecule has 66 valence electrons. The first-order valence-electron chi connectivity index (χ1n) is 3.79. The van der Waals surface area contributed by atoms with Gasteiger partial charge in [-0.3, -0.25) is 4.79 Å². The zero-order valence-electron chi connectivity index (χ0n) is 7.15. The van der Waals surface area contributed by atoms with E-state index in [4.69, 9.17) is 4.74 Å². The molecule has 1 rings (SSSR count). The van der Waals surface area contributed by atoms with Crippen molar-refractivity contribution in [1.82, 2.24) is 9.55 Å². The number of carbonyl (C=O) groups is 1. The molecule has 4 nitrogen and oxygen atoms in total. The molecule has 0 saturated heterocycles. The lowest BCUT2D eigenvalue weighted by Crippen LogP contribution is -2.11. The predicted octanol–water partition coefficient (Wildman–Crippen LogP) is 1.09. The molecule has 1 aromatic rings. The van der Waals surface area contributed by atoms with Gasteiger partial charge in [0.2, 0.25) is 0 Å². The SMILES string of the molecule is C[CH-]n1ccnc1C(=O)OCC. The zero-order valence-corrected chi connectivity index (χ0v) is 7.15. The highest BCUT2D eigenvalue weighted by molar-refractivity contribution is 5.85. The summed E-state index contributed by atoms with van der Waals surface area (Å²) in [5.41, 5.74) is 0. The number of esters is 1. The van der Waals surface area contributed by atoms with Gasteiger partial charge in [0.1, 0.15) is 5.82 Å². The summed E-state index contributed by atoms with van der Waals surface area (Å²) in [5.74, 6) is -0.0695. The van der Waals surface area contributed by atoms with Crippen LogP contribution in [0.4, 0.5) is 0 Å². The molecule has 0 aliphatic heterocycles. The van der Waals surface area contributed by atoms with Crippen LogP contribution in [0.15, 0.2) is 12.4 Å². The smallest absolute Gasteiger partial charge is 0.316 e. The number of carbonyl (C=O) groups excluding carboxylic acids is 1. The molecule has 0 spiro atoms. The van der Waals surface area contributed by atoms with Crippen molar-refractivity contribution in [1.29, 1.82) is 0 Å². The Bertz CT molecular complexity index is 268. The molecule has 0 aromatic carbocycles. The third-order valence-corrected chi connectivity index (χ3v) is 1.40. The van der Waals surface area contributed by atoms with E-state index in [-0.39, 0.29) is 5.97 Å². The number of nitrogens with zero attached hydrogens (tertiary/aromatic N) is 2. The topological polar surface area (TPSA) is 44.1 Å². The Labute approximate surface area is 71.2 Å². The fourth-order valence-corrected chi connectivity index (χ4v) is 0.875. The quantitative estimate of drug-likeness (QED) is 0.500. The molecule has 0 amide bonds. The first-order chi connectivity index (χ1) is 5.79. The Hall–Kier alpha value is -1.45. The summed E-state index contributed by atoms with van der Waals surface area (Å²) >= 11 is 0. The van der Waals surface area contributed by atoms with Crippen molar-refractivity contribution in [3.8, 4) is 0 Å². The van der Waals surface area contributed by atoms with Crippen molar-refractivity contribution in [2.75, 3.05) is 6.61 Å². The van der Waals surface area contributed by atoms with E-state index in [1.807, 2.05) is 6.92 Å². The van der Waals surface area contributed by atoms with E-state index >= 15 is 0 Å². The lowest BCUT2D eigenvalue weighted by atomic mass is 10.5. The second-order valence-electron chi connectivity index (χ2n) is 2.14. The zero-order chi connectivity index (χ0) is 8.97. The predicted molar refractivity (Wildman–Crippen MR) is 43.6 cm³/mol. The minimum Gasteiger partial charge on any atom is -0.469 e. The van der Waals surface area contributed by atoms with E-state index < -0.39 is 0 Å². The molecule has 0 aliphatic carbocycles. The normalized spacial score (nSPS) is 9.50. The third-order valence-electron chi connectivity index (χ3n) is 1.40. The van der Waals surface area contributed by atoms with Crippen molar-refractivity contribution in [3.05, 3.63) is 24.8 Å². The molecule has 0 bridgehead atoms. The molecule has 4 heteroatoms. The fourth-order valence-electron chi connectivity index (χ4n) is 0.875. The van der Waals surface area contributed by atoms with Crippen LogP contribution in [0.25, 0.3) is 0 Å². The highest BCUT2D eigenvalue weighted by Crippen LogP contribution is 2.00. The monoisotopic (exact) mass is 167 g/mol. The number of hydrogen-bond donors (Lipinski definition) is 0. The molecule has 0 atom stereocenters. The molecule has 0 saturated carbocycles. The van der Waals surface area contributed by atoms with Crippen LogP contribution in [0.5, 0.6) is 0 Å². The molecule has 0 radical (unpaired) electrons. The first-order valence-corrected chi connectivity index (χ1v) is 3.79. The molecule has 1 aromatic heterocycles. The van der Waals surface area contributed by atoms with Gasteiger partial charge in [-0.25, -0.2) is 0 Å². The summed E-state index contributed by atoms with van der Waals surface area (Å²) in [7, 11) is 0. The first kappa shape index (κ1) is 8.64. The Balaban J connectivity index is 2.79. The standard InChI is InChI=1S/C8H11N2O2/c1-3-10-6-5-9-7(10)8(11)12-4-2/h3,5-6H,4H2,1-2H3/q-1. The van der Waals surface area contributed by atoms with Gasteiger partial charge >= 0.3 is 5.97 Å². The number of aromatic nitrogens is 2. The molecular formula is C8H11N2O2-. The number of rotatable bonds is 3. The summed E-state index contributed by atoms with van der Waals surface area (Å²) in [6, 6.07) is 0. The van der Waals surface area contributed by atoms with E-state index in [0.29, 0.717) is 12.4 Å². The average molecular weight is 167 g/mol. The van der Waals surface area contributed by atoms with E-state index in [1.165, 1.54) is 0 Å². The second-order valence-corrected chi connectivity index (χ2v) is 2.14. The summed E-state index contributed by atoms with van der Waals surface area (Å²) < 4.78 is 6.41. The minimum absolute atomic E-state index is 0.319. The highest BCUT2D eigenvalue weighted by Gasteiger charge is 2.03. The van der Waals surface area contributed by atoms with Gasteiger partial charge < -0.3 is 14.3 Å². The number of imidazole rings is 1. The Kier molecular flexibility index (Phi) is 2.74. The maximum atomic E-state index is 11.2. The van der Waals surface area contributed by atoms with Gasteiger partial charge in [-0.15, -0.1) is 6.54 Å². The van der Waals surface area contributed by atoms with Crippen LogP contribution < -0.4 is 0 Å². The Morgan fingerprint density at radius 2 is 2.58 bits per heavy atom. The Morgan fingerprint density at radius 3 is 3.17 bits per heavy atom. The van der Waals surface area contributed by atoms with Crippen LogP contribution in [-0.2, 0) is 4.74 Å².